The fraction of sp³-hybridized carbons (Fsp3) is 0.0833. The third kappa shape index (κ3) is 1.98. The largest absolute Gasteiger partial charge is 0.401 e. The van der Waals surface area contributed by atoms with Crippen molar-refractivity contribution in [2.24, 2.45) is 12.0 Å². The van der Waals surface area contributed by atoms with Gasteiger partial charge in [0.25, 0.3) is 0 Å². The topological polar surface area (TPSA) is 56.5 Å². The molecule has 0 amide bonds. The number of thiophene rings is 1. The lowest BCUT2D eigenvalue weighted by atomic mass is 10.3. The molecule has 3 heterocycles. The molecule has 1 aliphatic rings. The molecule has 0 aliphatic carbocycles. The summed E-state index contributed by atoms with van der Waals surface area (Å²) < 4.78 is 6.92. The van der Waals surface area contributed by atoms with E-state index < -0.39 is 5.97 Å². The molecule has 0 bridgehead atoms. The van der Waals surface area contributed by atoms with Crippen LogP contribution in [-0.2, 0) is 16.6 Å². The fourth-order valence-electron chi connectivity index (χ4n) is 1.56. The van der Waals surface area contributed by atoms with Crippen LogP contribution in [0.25, 0.3) is 6.08 Å². The molecule has 0 unspecified atom stereocenters. The minimum Gasteiger partial charge on any atom is -0.401 e. The minimum atomic E-state index is -0.441. The van der Waals surface area contributed by atoms with E-state index >= 15 is 0 Å². The number of hydrogen-bond donors (Lipinski definition) is 0. The number of aliphatic imine (C=N–C) groups is 1. The highest BCUT2D eigenvalue weighted by Gasteiger charge is 2.24. The molecule has 3 rings (SSSR count). The molecule has 0 aromatic carbocycles. The molecule has 0 radical (unpaired) electrons. The second-order valence-electron chi connectivity index (χ2n) is 3.78. The number of rotatable bonds is 2. The molecule has 0 saturated heterocycles. The van der Waals surface area contributed by atoms with Crippen LogP contribution in [0.15, 0.2) is 40.7 Å². The molecule has 0 atom stereocenters. The second-order valence-corrected chi connectivity index (χ2v) is 4.73. The zero-order valence-corrected chi connectivity index (χ0v) is 10.3. The van der Waals surface area contributed by atoms with Crippen molar-refractivity contribution in [2.75, 3.05) is 0 Å². The molecular weight excluding hydrogens is 250 g/mol. The summed E-state index contributed by atoms with van der Waals surface area (Å²) in [6, 6.07) is 3.75. The molecule has 90 valence electrons. The summed E-state index contributed by atoms with van der Waals surface area (Å²) >= 11 is 1.48. The van der Waals surface area contributed by atoms with E-state index in [1.807, 2.05) is 24.6 Å². The molecule has 0 N–H and O–H groups in total. The highest BCUT2D eigenvalue weighted by Crippen LogP contribution is 2.20. The summed E-state index contributed by atoms with van der Waals surface area (Å²) in [7, 11) is 1.86. The van der Waals surface area contributed by atoms with Gasteiger partial charge in [-0.15, -0.1) is 11.3 Å². The quantitative estimate of drug-likeness (QED) is 0.610. The number of aryl methyl sites for hydroxylation is 1. The summed E-state index contributed by atoms with van der Waals surface area (Å²) in [6.45, 7) is 0. The number of ether oxygens (including phenoxy) is 1. The summed E-state index contributed by atoms with van der Waals surface area (Å²) in [5.41, 5.74) is 0.956. The van der Waals surface area contributed by atoms with Gasteiger partial charge in [0.05, 0.1) is 16.9 Å². The molecule has 2 aromatic rings. The lowest BCUT2D eigenvalue weighted by Crippen LogP contribution is -2.03. The third-order valence-electron chi connectivity index (χ3n) is 2.36. The second kappa shape index (κ2) is 4.23. The third-order valence-corrected chi connectivity index (χ3v) is 3.22. The summed E-state index contributed by atoms with van der Waals surface area (Å²) in [5, 5.41) is 1.91. The first-order valence-corrected chi connectivity index (χ1v) is 6.15. The number of aromatic nitrogens is 2. The first-order valence-electron chi connectivity index (χ1n) is 5.27. The molecule has 0 saturated carbocycles. The molecule has 18 heavy (non-hydrogen) atoms. The maximum Gasteiger partial charge on any atom is 0.363 e. The van der Waals surface area contributed by atoms with E-state index in [2.05, 4.69) is 9.98 Å². The Balaban J connectivity index is 1.94. The Labute approximate surface area is 107 Å². The standard InChI is InChI=1S/C12H9N3O2S/c1-15-6-8(13-7-15)5-9-12(16)17-11(14-9)10-3-2-4-18-10/h2-7H,1H3/b9-5-. The van der Waals surface area contributed by atoms with Gasteiger partial charge in [-0.3, -0.25) is 0 Å². The van der Waals surface area contributed by atoms with Crippen LogP contribution < -0.4 is 0 Å². The predicted molar refractivity (Wildman–Crippen MR) is 68.1 cm³/mol. The van der Waals surface area contributed by atoms with E-state index in [0.717, 1.165) is 4.88 Å². The predicted octanol–water partition coefficient (Wildman–Crippen LogP) is 1.83. The summed E-state index contributed by atoms with van der Waals surface area (Å²) in [4.78, 5) is 20.8. The van der Waals surface area contributed by atoms with E-state index in [0.29, 0.717) is 11.6 Å². The van der Waals surface area contributed by atoms with Crippen molar-refractivity contribution in [1.82, 2.24) is 9.55 Å². The van der Waals surface area contributed by atoms with Gasteiger partial charge in [-0.2, -0.15) is 0 Å². The van der Waals surface area contributed by atoms with Gasteiger partial charge in [0, 0.05) is 13.2 Å². The fourth-order valence-corrected chi connectivity index (χ4v) is 2.21. The van der Waals surface area contributed by atoms with Crippen LogP contribution in [-0.4, -0.2) is 21.4 Å². The average molecular weight is 259 g/mol. The Morgan fingerprint density at radius 2 is 2.39 bits per heavy atom. The van der Waals surface area contributed by atoms with Gasteiger partial charge in [0.15, 0.2) is 5.70 Å². The number of nitrogens with zero attached hydrogens (tertiary/aromatic N) is 3. The van der Waals surface area contributed by atoms with Crippen LogP contribution in [0.2, 0.25) is 0 Å². The van der Waals surface area contributed by atoms with Gasteiger partial charge in [0.2, 0.25) is 5.90 Å². The van der Waals surface area contributed by atoms with Gasteiger partial charge < -0.3 is 9.30 Å². The van der Waals surface area contributed by atoms with Gasteiger partial charge in [-0.05, 0) is 17.5 Å². The molecular formula is C12H9N3O2S. The molecule has 0 fully saturated rings. The van der Waals surface area contributed by atoms with Gasteiger partial charge in [-0.1, -0.05) is 6.07 Å². The Morgan fingerprint density at radius 3 is 3.06 bits per heavy atom. The Kier molecular flexibility index (Phi) is 2.56. The molecule has 2 aromatic heterocycles. The highest BCUT2D eigenvalue weighted by molar-refractivity contribution is 7.12. The average Bonchev–Trinajstić information content (AvgIpc) is 3.02. The van der Waals surface area contributed by atoms with Crippen LogP contribution in [0.4, 0.5) is 0 Å². The molecule has 5 nitrogen and oxygen atoms in total. The zero-order chi connectivity index (χ0) is 12.5. The lowest BCUT2D eigenvalue weighted by Gasteiger charge is -1.92. The van der Waals surface area contributed by atoms with Crippen LogP contribution in [0.1, 0.15) is 10.6 Å². The van der Waals surface area contributed by atoms with Crippen molar-refractivity contribution in [3.8, 4) is 0 Å². The van der Waals surface area contributed by atoms with Crippen molar-refractivity contribution in [2.45, 2.75) is 0 Å². The van der Waals surface area contributed by atoms with E-state index in [4.69, 9.17) is 4.74 Å². The Morgan fingerprint density at radius 1 is 1.50 bits per heavy atom. The number of cyclic esters (lactones) is 1. The molecule has 0 spiro atoms. The Bertz CT molecular complexity index is 653. The maximum absolute atomic E-state index is 11.7. The first-order chi connectivity index (χ1) is 8.72. The Hall–Kier alpha value is -2.21. The van der Waals surface area contributed by atoms with Crippen molar-refractivity contribution >= 4 is 29.3 Å². The van der Waals surface area contributed by atoms with Crippen LogP contribution in [0.3, 0.4) is 0 Å². The molecule has 1 aliphatic heterocycles. The number of esters is 1. The van der Waals surface area contributed by atoms with E-state index in [1.54, 1.807) is 23.2 Å². The van der Waals surface area contributed by atoms with Crippen LogP contribution >= 0.6 is 11.3 Å². The molecule has 6 heteroatoms. The highest BCUT2D eigenvalue weighted by atomic mass is 32.1. The van der Waals surface area contributed by atoms with Crippen molar-refractivity contribution in [1.29, 1.82) is 0 Å². The number of carbonyl (C=O) groups excluding carboxylic acids is 1. The first kappa shape index (κ1) is 10.9. The number of carbonyl (C=O) groups is 1. The van der Waals surface area contributed by atoms with E-state index in [9.17, 15) is 4.79 Å². The van der Waals surface area contributed by atoms with Gasteiger partial charge in [-0.25, -0.2) is 14.8 Å². The van der Waals surface area contributed by atoms with Gasteiger partial charge >= 0.3 is 5.97 Å². The number of imidazole rings is 1. The van der Waals surface area contributed by atoms with Crippen LogP contribution in [0.5, 0.6) is 0 Å². The summed E-state index contributed by atoms with van der Waals surface area (Å²) in [6.07, 6.45) is 5.08. The van der Waals surface area contributed by atoms with Gasteiger partial charge in [0.1, 0.15) is 0 Å². The van der Waals surface area contributed by atoms with Crippen molar-refractivity contribution in [3.63, 3.8) is 0 Å². The van der Waals surface area contributed by atoms with Crippen molar-refractivity contribution in [3.05, 3.63) is 46.3 Å². The van der Waals surface area contributed by atoms with Crippen LogP contribution in [0, 0.1) is 0 Å². The minimum absolute atomic E-state index is 0.275. The number of hydrogen-bond acceptors (Lipinski definition) is 5. The van der Waals surface area contributed by atoms with Crippen molar-refractivity contribution < 1.29 is 9.53 Å². The van der Waals surface area contributed by atoms with E-state index in [1.165, 1.54) is 11.3 Å². The smallest absolute Gasteiger partial charge is 0.363 e. The lowest BCUT2D eigenvalue weighted by molar-refractivity contribution is -0.129. The monoisotopic (exact) mass is 259 g/mol. The normalized spacial score (nSPS) is 17.1. The SMILES string of the molecule is Cn1cnc(/C=C2\N=C(c3cccs3)OC2=O)c1. The zero-order valence-electron chi connectivity index (χ0n) is 9.53. The summed E-state index contributed by atoms with van der Waals surface area (Å²) in [5.74, 6) is -0.0822. The maximum atomic E-state index is 11.7. The van der Waals surface area contributed by atoms with E-state index in [-0.39, 0.29) is 5.70 Å².